The van der Waals surface area contributed by atoms with Gasteiger partial charge in [-0.05, 0) is 43.4 Å². The van der Waals surface area contributed by atoms with Gasteiger partial charge in [-0.2, -0.15) is 0 Å². The van der Waals surface area contributed by atoms with Gasteiger partial charge in [0.1, 0.15) is 0 Å². The third-order valence-corrected chi connectivity index (χ3v) is 6.59. The van der Waals surface area contributed by atoms with Crippen molar-refractivity contribution in [1.82, 2.24) is 0 Å². The van der Waals surface area contributed by atoms with Crippen molar-refractivity contribution in [3.63, 3.8) is 0 Å². The van der Waals surface area contributed by atoms with Crippen LogP contribution in [-0.2, 0) is 11.3 Å². The zero-order chi connectivity index (χ0) is 19.8. The first-order valence-electron chi connectivity index (χ1n) is 10.5. The van der Waals surface area contributed by atoms with Gasteiger partial charge in [0, 0.05) is 11.1 Å². The summed E-state index contributed by atoms with van der Waals surface area (Å²) in [5.74, 6) is 0. The van der Waals surface area contributed by atoms with E-state index in [0.29, 0.717) is 6.61 Å². The molecule has 2 nitrogen and oxygen atoms in total. The number of rotatable bonds is 11. The van der Waals surface area contributed by atoms with Crippen molar-refractivity contribution in [2.24, 2.45) is 10.8 Å². The van der Waals surface area contributed by atoms with Crippen molar-refractivity contribution in [1.29, 1.82) is 0 Å². The molecule has 2 heteroatoms. The largest absolute Gasteiger partial charge is 0.399 e. The minimum atomic E-state index is -0.198. The van der Waals surface area contributed by atoms with Gasteiger partial charge in [-0.15, -0.1) is 0 Å². The second-order valence-corrected chi connectivity index (χ2v) is 9.64. The van der Waals surface area contributed by atoms with Crippen LogP contribution in [0.3, 0.4) is 0 Å². The van der Waals surface area contributed by atoms with Gasteiger partial charge >= 0.3 is 0 Å². The highest BCUT2D eigenvalue weighted by Crippen LogP contribution is 2.52. The normalized spacial score (nSPS) is 15.0. The van der Waals surface area contributed by atoms with Gasteiger partial charge in [0.2, 0.25) is 0 Å². The summed E-state index contributed by atoms with van der Waals surface area (Å²) in [6, 6.07) is 8.02. The van der Waals surface area contributed by atoms with E-state index in [1.165, 1.54) is 50.5 Å². The molecule has 0 aliphatic rings. The van der Waals surface area contributed by atoms with Crippen LogP contribution in [0.5, 0.6) is 0 Å². The van der Waals surface area contributed by atoms with Gasteiger partial charge in [0.15, 0.2) is 0 Å². The van der Waals surface area contributed by atoms with Crippen LogP contribution in [0.4, 0.5) is 5.69 Å². The number of hydrogen-bond acceptors (Lipinski definition) is 2. The number of ether oxygens (including phenoxy) is 1. The molecule has 26 heavy (non-hydrogen) atoms. The van der Waals surface area contributed by atoms with E-state index in [1.807, 2.05) is 12.1 Å². The van der Waals surface area contributed by atoms with E-state index < -0.39 is 0 Å². The van der Waals surface area contributed by atoms with Crippen molar-refractivity contribution < 1.29 is 4.74 Å². The lowest BCUT2D eigenvalue weighted by Crippen LogP contribution is -2.51. The van der Waals surface area contributed by atoms with Crippen molar-refractivity contribution in [3.05, 3.63) is 29.8 Å². The second kappa shape index (κ2) is 9.78. The molecular weight excluding hydrogens is 318 g/mol. The van der Waals surface area contributed by atoms with E-state index in [-0.39, 0.29) is 16.4 Å². The molecule has 0 radical (unpaired) electrons. The van der Waals surface area contributed by atoms with Crippen LogP contribution >= 0.6 is 0 Å². The molecule has 0 heterocycles. The Labute approximate surface area is 162 Å². The van der Waals surface area contributed by atoms with Gasteiger partial charge in [0.05, 0.1) is 12.2 Å². The highest BCUT2D eigenvalue weighted by atomic mass is 16.5. The highest BCUT2D eigenvalue weighted by molar-refractivity contribution is 5.39. The van der Waals surface area contributed by atoms with Crippen molar-refractivity contribution >= 4 is 5.69 Å². The fourth-order valence-electron chi connectivity index (χ4n) is 3.87. The predicted octanol–water partition coefficient (Wildman–Crippen LogP) is 7.37. The fraction of sp³-hybridized carbons (Fsp3) is 0.750. The van der Waals surface area contributed by atoms with Crippen LogP contribution in [0.25, 0.3) is 0 Å². The Morgan fingerprint density at radius 3 is 1.88 bits per heavy atom. The summed E-state index contributed by atoms with van der Waals surface area (Å²) in [6.45, 7) is 16.9. The van der Waals surface area contributed by atoms with E-state index in [9.17, 15) is 0 Å². The number of anilines is 1. The fourth-order valence-corrected chi connectivity index (χ4v) is 3.87. The molecule has 1 unspecified atom stereocenters. The van der Waals surface area contributed by atoms with Crippen molar-refractivity contribution in [2.45, 2.75) is 106 Å². The van der Waals surface area contributed by atoms with Gasteiger partial charge in [-0.25, -0.2) is 0 Å². The third kappa shape index (κ3) is 6.30. The van der Waals surface area contributed by atoms with Crippen LogP contribution in [0.15, 0.2) is 24.3 Å². The third-order valence-electron chi connectivity index (χ3n) is 6.59. The Morgan fingerprint density at radius 2 is 1.35 bits per heavy atom. The highest BCUT2D eigenvalue weighted by Gasteiger charge is 2.49. The summed E-state index contributed by atoms with van der Waals surface area (Å²) in [5.41, 5.74) is 7.87. The Hall–Kier alpha value is -1.02. The number of unbranched alkanes of at least 4 members (excludes halogenated alkanes) is 5. The molecule has 1 aromatic rings. The zero-order valence-corrected chi connectivity index (χ0v) is 18.5. The van der Waals surface area contributed by atoms with Crippen LogP contribution in [0.2, 0.25) is 0 Å². The molecule has 0 spiro atoms. The monoisotopic (exact) mass is 361 g/mol. The molecule has 0 fully saturated rings. The molecule has 0 saturated carbocycles. The number of hydrogen-bond donors (Lipinski definition) is 1. The Morgan fingerprint density at radius 1 is 0.808 bits per heavy atom. The molecule has 150 valence electrons. The topological polar surface area (TPSA) is 35.2 Å². The first-order chi connectivity index (χ1) is 12.0. The Balaban J connectivity index is 2.73. The lowest BCUT2D eigenvalue weighted by Gasteiger charge is -2.53. The van der Waals surface area contributed by atoms with E-state index in [2.05, 4.69) is 60.6 Å². The van der Waals surface area contributed by atoms with Gasteiger partial charge in [-0.3, -0.25) is 0 Å². The number of nitrogen functional groups attached to an aromatic ring is 1. The molecular formula is C24H43NO. The average molecular weight is 362 g/mol. The molecule has 0 aromatic heterocycles. The Bertz CT molecular complexity index is 512. The SMILES string of the molecule is CCCCCCCCC(C)(C(C)(C)C)C(C)(C)OCc1ccc(N)cc1. The summed E-state index contributed by atoms with van der Waals surface area (Å²) in [6.07, 6.45) is 9.24. The van der Waals surface area contributed by atoms with Crippen molar-refractivity contribution in [3.8, 4) is 0 Å². The molecule has 2 N–H and O–H groups in total. The van der Waals surface area contributed by atoms with Crippen LogP contribution in [-0.4, -0.2) is 5.60 Å². The van der Waals surface area contributed by atoms with Crippen LogP contribution < -0.4 is 5.73 Å². The van der Waals surface area contributed by atoms with E-state index in [4.69, 9.17) is 10.5 Å². The van der Waals surface area contributed by atoms with Gasteiger partial charge in [-0.1, -0.05) is 85.3 Å². The summed E-state index contributed by atoms with van der Waals surface area (Å²) in [5, 5.41) is 0. The Kier molecular flexibility index (Phi) is 8.66. The maximum absolute atomic E-state index is 6.50. The molecule has 0 aliphatic carbocycles. The standard InChI is InChI=1S/C24H43NO/c1-8-9-10-11-12-13-18-24(7,22(2,3)4)23(5,6)26-19-20-14-16-21(25)17-15-20/h14-17H,8-13,18-19,25H2,1-7H3. The molecule has 0 amide bonds. The average Bonchev–Trinajstić information content (AvgIpc) is 2.56. The lowest BCUT2D eigenvalue weighted by molar-refractivity contribution is -0.160. The molecule has 0 bridgehead atoms. The molecule has 0 saturated heterocycles. The summed E-state index contributed by atoms with van der Waals surface area (Å²) >= 11 is 0. The van der Waals surface area contributed by atoms with E-state index >= 15 is 0 Å². The van der Waals surface area contributed by atoms with Gasteiger partial charge in [0.25, 0.3) is 0 Å². The first-order valence-corrected chi connectivity index (χ1v) is 10.5. The molecule has 1 aromatic carbocycles. The molecule has 0 aliphatic heterocycles. The number of benzene rings is 1. The summed E-state index contributed by atoms with van der Waals surface area (Å²) in [7, 11) is 0. The van der Waals surface area contributed by atoms with E-state index in [1.54, 1.807) is 0 Å². The molecule has 1 rings (SSSR count). The minimum absolute atomic E-state index is 0.110. The van der Waals surface area contributed by atoms with Crippen molar-refractivity contribution in [2.75, 3.05) is 5.73 Å². The number of nitrogens with two attached hydrogens (primary N) is 1. The summed E-state index contributed by atoms with van der Waals surface area (Å²) < 4.78 is 6.50. The first kappa shape index (κ1) is 23.0. The summed E-state index contributed by atoms with van der Waals surface area (Å²) in [4.78, 5) is 0. The van der Waals surface area contributed by atoms with Crippen LogP contribution in [0.1, 0.15) is 99.0 Å². The lowest BCUT2D eigenvalue weighted by atomic mass is 9.57. The van der Waals surface area contributed by atoms with E-state index in [0.717, 1.165) is 5.69 Å². The second-order valence-electron chi connectivity index (χ2n) is 9.64. The predicted molar refractivity (Wildman–Crippen MR) is 115 cm³/mol. The van der Waals surface area contributed by atoms with Gasteiger partial charge < -0.3 is 10.5 Å². The maximum atomic E-state index is 6.50. The molecule has 1 atom stereocenters. The quantitative estimate of drug-likeness (QED) is 0.330. The van der Waals surface area contributed by atoms with Crippen LogP contribution in [0, 0.1) is 10.8 Å². The minimum Gasteiger partial charge on any atom is -0.399 e. The zero-order valence-electron chi connectivity index (χ0n) is 18.5. The maximum Gasteiger partial charge on any atom is 0.0724 e. The smallest absolute Gasteiger partial charge is 0.0724 e.